The molecule has 0 radical (unpaired) electrons. The van der Waals surface area contributed by atoms with E-state index in [-0.39, 0.29) is 18.4 Å². The van der Waals surface area contributed by atoms with E-state index < -0.39 is 0 Å². The fraction of sp³-hybridized carbons (Fsp3) is 0.800. The fourth-order valence-corrected chi connectivity index (χ4v) is 2.69. The topological polar surface area (TPSA) is 92.4 Å². The van der Waals surface area contributed by atoms with Crippen molar-refractivity contribution in [2.75, 3.05) is 13.2 Å². The van der Waals surface area contributed by atoms with Gasteiger partial charge in [0.1, 0.15) is 0 Å². The number of primary amides is 1. The Hall–Kier alpha value is -1.36. The van der Waals surface area contributed by atoms with Crippen molar-refractivity contribution in [1.82, 2.24) is 5.32 Å². The Morgan fingerprint density at radius 2 is 1.24 bits per heavy atom. The molecule has 2 amide bonds. The number of nitrogens with two attached hydrogens (primary N) is 1. The molecule has 5 nitrogen and oxygen atoms in total. The number of rotatable bonds is 18. The van der Waals surface area contributed by atoms with Gasteiger partial charge in [0.25, 0.3) is 0 Å². The standard InChI is InChI=1S/C20H38N2O3/c21-19(24)15-13-11-9-7-5-3-1-2-4-6-8-10-12-14-16-20(25)22-17-18-23/h1-2,23H,3-18H2,(H2,21,24)(H,22,25). The van der Waals surface area contributed by atoms with Crippen LogP contribution >= 0.6 is 0 Å². The third-order valence-corrected chi connectivity index (χ3v) is 4.17. The molecule has 0 saturated heterocycles. The Kier molecular flexibility index (Phi) is 17.9. The lowest BCUT2D eigenvalue weighted by Gasteiger charge is -2.03. The summed E-state index contributed by atoms with van der Waals surface area (Å²) < 4.78 is 0. The fourth-order valence-electron chi connectivity index (χ4n) is 2.69. The molecule has 0 fully saturated rings. The van der Waals surface area contributed by atoms with E-state index in [1.807, 2.05) is 0 Å². The van der Waals surface area contributed by atoms with Gasteiger partial charge in [0.05, 0.1) is 6.61 Å². The van der Waals surface area contributed by atoms with Crippen molar-refractivity contribution in [1.29, 1.82) is 0 Å². The predicted octanol–water partition coefficient (Wildman–Crippen LogP) is 3.60. The summed E-state index contributed by atoms with van der Waals surface area (Å²) in [5.74, 6) is -0.142. The van der Waals surface area contributed by atoms with Crippen molar-refractivity contribution in [3.63, 3.8) is 0 Å². The van der Waals surface area contributed by atoms with Crippen LogP contribution in [-0.4, -0.2) is 30.1 Å². The molecule has 0 aromatic rings. The molecular weight excluding hydrogens is 316 g/mol. The van der Waals surface area contributed by atoms with E-state index in [4.69, 9.17) is 10.8 Å². The highest BCUT2D eigenvalue weighted by molar-refractivity contribution is 5.75. The summed E-state index contributed by atoms with van der Waals surface area (Å²) in [6, 6.07) is 0. The Morgan fingerprint density at radius 3 is 1.76 bits per heavy atom. The average Bonchev–Trinajstić information content (AvgIpc) is 2.59. The van der Waals surface area contributed by atoms with Gasteiger partial charge >= 0.3 is 0 Å². The number of aliphatic hydroxyl groups excluding tert-OH is 1. The lowest BCUT2D eigenvalue weighted by molar-refractivity contribution is -0.121. The molecule has 5 heteroatoms. The van der Waals surface area contributed by atoms with Gasteiger partial charge in [-0.2, -0.15) is 0 Å². The zero-order chi connectivity index (χ0) is 18.6. The smallest absolute Gasteiger partial charge is 0.220 e. The first-order chi connectivity index (χ1) is 12.2. The third kappa shape index (κ3) is 20.6. The predicted molar refractivity (Wildman–Crippen MR) is 103 cm³/mol. The van der Waals surface area contributed by atoms with Crippen LogP contribution in [0.25, 0.3) is 0 Å². The number of nitrogens with one attached hydrogen (secondary N) is 1. The molecule has 0 heterocycles. The molecule has 0 aromatic heterocycles. The van der Waals surface area contributed by atoms with Gasteiger partial charge in [-0.1, -0.05) is 50.7 Å². The number of amides is 2. The van der Waals surface area contributed by atoms with Gasteiger partial charge in [-0.3, -0.25) is 9.59 Å². The van der Waals surface area contributed by atoms with Crippen LogP contribution in [0, 0.1) is 0 Å². The minimum absolute atomic E-state index is 0.0101. The highest BCUT2D eigenvalue weighted by Crippen LogP contribution is 2.09. The van der Waals surface area contributed by atoms with E-state index in [0.29, 0.717) is 19.4 Å². The van der Waals surface area contributed by atoms with Crippen LogP contribution in [0.3, 0.4) is 0 Å². The van der Waals surface area contributed by atoms with E-state index in [2.05, 4.69) is 17.5 Å². The second-order valence-electron chi connectivity index (χ2n) is 6.62. The second kappa shape index (κ2) is 19.0. The van der Waals surface area contributed by atoms with Gasteiger partial charge < -0.3 is 16.2 Å². The number of unbranched alkanes of at least 4 members (excludes halogenated alkanes) is 10. The second-order valence-corrected chi connectivity index (χ2v) is 6.62. The number of hydrogen-bond acceptors (Lipinski definition) is 3. The van der Waals surface area contributed by atoms with Crippen LogP contribution in [0.4, 0.5) is 0 Å². The zero-order valence-electron chi connectivity index (χ0n) is 15.8. The molecule has 0 atom stereocenters. The average molecular weight is 355 g/mol. The minimum atomic E-state index is -0.188. The largest absolute Gasteiger partial charge is 0.395 e. The summed E-state index contributed by atoms with van der Waals surface area (Å²) in [5.41, 5.74) is 5.10. The first kappa shape index (κ1) is 23.6. The SMILES string of the molecule is NC(=O)CCCCCCCC=CCCCCCCCC(=O)NCCO. The molecule has 146 valence electrons. The summed E-state index contributed by atoms with van der Waals surface area (Å²) >= 11 is 0. The quantitative estimate of drug-likeness (QED) is 0.259. The lowest BCUT2D eigenvalue weighted by atomic mass is 10.1. The number of allylic oxidation sites excluding steroid dienone is 2. The Labute approximate surface area is 153 Å². The summed E-state index contributed by atoms with van der Waals surface area (Å²) in [6.45, 7) is 0.372. The van der Waals surface area contributed by atoms with Crippen LogP contribution in [0.5, 0.6) is 0 Å². The van der Waals surface area contributed by atoms with Gasteiger partial charge in [0.15, 0.2) is 0 Å². The highest BCUT2D eigenvalue weighted by atomic mass is 16.3. The molecule has 0 saturated carbocycles. The Balaban J connectivity index is 3.18. The molecule has 0 aliphatic rings. The molecule has 0 aliphatic carbocycles. The van der Waals surface area contributed by atoms with Gasteiger partial charge in [0, 0.05) is 19.4 Å². The summed E-state index contributed by atoms with van der Waals surface area (Å²) in [4.78, 5) is 21.9. The third-order valence-electron chi connectivity index (χ3n) is 4.17. The summed E-state index contributed by atoms with van der Waals surface area (Å²) in [6.07, 6.45) is 19.3. The van der Waals surface area contributed by atoms with Crippen LogP contribution in [0.1, 0.15) is 89.9 Å². The van der Waals surface area contributed by atoms with Gasteiger partial charge in [0.2, 0.25) is 11.8 Å². The Bertz CT molecular complexity index is 357. The van der Waals surface area contributed by atoms with Crippen molar-refractivity contribution in [3.8, 4) is 0 Å². The first-order valence-electron chi connectivity index (χ1n) is 9.97. The van der Waals surface area contributed by atoms with Crippen molar-refractivity contribution >= 4 is 11.8 Å². The van der Waals surface area contributed by atoms with E-state index in [1.165, 1.54) is 38.5 Å². The molecule has 0 aromatic carbocycles. The van der Waals surface area contributed by atoms with E-state index in [1.54, 1.807) is 0 Å². The minimum Gasteiger partial charge on any atom is -0.395 e. The normalized spacial score (nSPS) is 11.1. The molecule has 25 heavy (non-hydrogen) atoms. The van der Waals surface area contributed by atoms with E-state index in [9.17, 15) is 9.59 Å². The molecule has 0 spiro atoms. The molecule has 0 unspecified atom stereocenters. The number of hydrogen-bond donors (Lipinski definition) is 3. The van der Waals surface area contributed by atoms with E-state index in [0.717, 1.165) is 38.5 Å². The number of carbonyl (C=O) groups excluding carboxylic acids is 2. The number of carbonyl (C=O) groups is 2. The summed E-state index contributed by atoms with van der Waals surface area (Å²) in [7, 11) is 0. The van der Waals surface area contributed by atoms with Crippen LogP contribution in [-0.2, 0) is 9.59 Å². The van der Waals surface area contributed by atoms with Gasteiger partial charge in [-0.25, -0.2) is 0 Å². The van der Waals surface area contributed by atoms with Crippen molar-refractivity contribution in [2.45, 2.75) is 89.9 Å². The Morgan fingerprint density at radius 1 is 0.760 bits per heavy atom. The molecular formula is C20H38N2O3. The zero-order valence-corrected chi connectivity index (χ0v) is 15.8. The maximum atomic E-state index is 11.3. The van der Waals surface area contributed by atoms with Crippen LogP contribution < -0.4 is 11.1 Å². The monoisotopic (exact) mass is 354 g/mol. The van der Waals surface area contributed by atoms with Crippen molar-refractivity contribution in [2.24, 2.45) is 5.73 Å². The molecule has 0 rings (SSSR count). The van der Waals surface area contributed by atoms with Crippen molar-refractivity contribution < 1.29 is 14.7 Å². The maximum absolute atomic E-state index is 11.3. The van der Waals surface area contributed by atoms with Gasteiger partial charge in [-0.05, 0) is 38.5 Å². The molecule has 0 bridgehead atoms. The van der Waals surface area contributed by atoms with Gasteiger partial charge in [-0.15, -0.1) is 0 Å². The maximum Gasteiger partial charge on any atom is 0.220 e. The molecule has 0 aliphatic heterocycles. The van der Waals surface area contributed by atoms with Crippen molar-refractivity contribution in [3.05, 3.63) is 12.2 Å². The lowest BCUT2D eigenvalue weighted by Crippen LogP contribution is -2.25. The molecule has 4 N–H and O–H groups in total. The summed E-state index contributed by atoms with van der Waals surface area (Å²) in [5, 5.41) is 11.3. The van der Waals surface area contributed by atoms with Crippen LogP contribution in [0.2, 0.25) is 0 Å². The number of aliphatic hydroxyl groups is 1. The highest BCUT2D eigenvalue weighted by Gasteiger charge is 1.99. The van der Waals surface area contributed by atoms with E-state index >= 15 is 0 Å². The first-order valence-corrected chi connectivity index (χ1v) is 9.97. The van der Waals surface area contributed by atoms with Crippen LogP contribution in [0.15, 0.2) is 12.2 Å².